The minimum Gasteiger partial charge on any atom is -0.508 e. The summed E-state index contributed by atoms with van der Waals surface area (Å²) in [6.45, 7) is 4.10. The van der Waals surface area contributed by atoms with Crippen molar-refractivity contribution in [1.82, 2.24) is 4.90 Å². The Labute approximate surface area is 159 Å². The predicted octanol–water partition coefficient (Wildman–Crippen LogP) is 4.07. The van der Waals surface area contributed by atoms with Crippen LogP contribution in [0.5, 0.6) is 5.75 Å². The smallest absolute Gasteiger partial charge is 0.309 e. The van der Waals surface area contributed by atoms with E-state index in [2.05, 4.69) is 11.8 Å². The highest BCUT2D eigenvalue weighted by Gasteiger charge is 2.28. The van der Waals surface area contributed by atoms with Crippen LogP contribution in [-0.4, -0.2) is 36.2 Å². The van der Waals surface area contributed by atoms with E-state index in [0.717, 1.165) is 37.1 Å². The monoisotopic (exact) mass is 371 g/mol. The number of nitrogens with zero attached hydrogens (tertiary/aromatic N) is 1. The molecule has 1 N–H and O–H groups in total. The third kappa shape index (κ3) is 4.66. The number of esters is 1. The molecule has 0 saturated carbocycles. The molecule has 2 aromatic rings. The molecular formula is C22H26FNO3. The van der Waals surface area contributed by atoms with Gasteiger partial charge < -0.3 is 9.84 Å². The van der Waals surface area contributed by atoms with Crippen LogP contribution in [-0.2, 0) is 16.0 Å². The van der Waals surface area contributed by atoms with Crippen molar-refractivity contribution in [3.63, 3.8) is 0 Å². The molecule has 0 aliphatic carbocycles. The van der Waals surface area contributed by atoms with Gasteiger partial charge in [0.25, 0.3) is 0 Å². The second kappa shape index (κ2) is 8.53. The second-order valence-electron chi connectivity index (χ2n) is 7.32. The van der Waals surface area contributed by atoms with E-state index >= 15 is 0 Å². The molecular weight excluding hydrogens is 345 g/mol. The summed E-state index contributed by atoms with van der Waals surface area (Å²) in [5.41, 5.74) is 2.42. The van der Waals surface area contributed by atoms with Crippen molar-refractivity contribution in [1.29, 1.82) is 0 Å². The van der Waals surface area contributed by atoms with Crippen LogP contribution in [0.1, 0.15) is 42.5 Å². The average Bonchev–Trinajstić information content (AvgIpc) is 2.66. The summed E-state index contributed by atoms with van der Waals surface area (Å²) in [4.78, 5) is 13.8. The fourth-order valence-corrected chi connectivity index (χ4v) is 3.69. The summed E-state index contributed by atoms with van der Waals surface area (Å²) in [5.74, 6) is 0.208. The van der Waals surface area contributed by atoms with Gasteiger partial charge in [0.2, 0.25) is 0 Å². The Hall–Kier alpha value is -2.40. The van der Waals surface area contributed by atoms with Crippen molar-refractivity contribution < 1.29 is 19.0 Å². The number of phenolic OH excluding ortho intramolecular Hbond substituents is 1. The van der Waals surface area contributed by atoms with Gasteiger partial charge in [0, 0.05) is 5.56 Å². The maximum Gasteiger partial charge on any atom is 0.309 e. The summed E-state index contributed by atoms with van der Waals surface area (Å²) in [6, 6.07) is 11.6. The fraction of sp³-hybridized carbons (Fsp3) is 0.409. The number of phenols is 1. The molecule has 27 heavy (non-hydrogen) atoms. The predicted molar refractivity (Wildman–Crippen MR) is 102 cm³/mol. The Balaban J connectivity index is 1.94. The van der Waals surface area contributed by atoms with E-state index < -0.39 is 0 Å². The van der Waals surface area contributed by atoms with Crippen molar-refractivity contribution in [3.8, 4) is 5.75 Å². The second-order valence-corrected chi connectivity index (χ2v) is 7.32. The maximum atomic E-state index is 13.4. The van der Waals surface area contributed by atoms with Gasteiger partial charge in [-0.25, -0.2) is 4.39 Å². The molecule has 0 aromatic heterocycles. The quantitative estimate of drug-likeness (QED) is 0.805. The first-order valence-corrected chi connectivity index (χ1v) is 9.36. The van der Waals surface area contributed by atoms with E-state index in [4.69, 9.17) is 4.74 Å². The highest BCUT2D eigenvalue weighted by molar-refractivity contribution is 5.72. The van der Waals surface area contributed by atoms with Crippen molar-refractivity contribution in [2.45, 2.75) is 32.2 Å². The van der Waals surface area contributed by atoms with E-state index in [0.29, 0.717) is 11.5 Å². The summed E-state index contributed by atoms with van der Waals surface area (Å²) in [6.07, 6.45) is 2.31. The number of piperidine rings is 1. The van der Waals surface area contributed by atoms with E-state index in [1.54, 1.807) is 18.2 Å². The standard InChI is InChI=1S/C22H26FNO3/c1-15-9-11-24(12-10-15)22(17-4-6-18(23)7-5-17)19-8-3-16(13-20(19)25)14-21(26)27-2/h3-8,13,15,22,25H,9-12,14H2,1-2H3/t22-/m1/s1. The number of rotatable bonds is 5. The molecule has 1 atom stereocenters. The molecule has 4 nitrogen and oxygen atoms in total. The Bertz CT molecular complexity index is 783. The van der Waals surface area contributed by atoms with Crippen molar-refractivity contribution in [2.24, 2.45) is 5.92 Å². The average molecular weight is 371 g/mol. The Morgan fingerprint density at radius 3 is 2.48 bits per heavy atom. The number of hydrogen-bond donors (Lipinski definition) is 1. The van der Waals surface area contributed by atoms with Gasteiger partial charge in [0.05, 0.1) is 19.6 Å². The lowest BCUT2D eigenvalue weighted by Gasteiger charge is -2.37. The maximum absolute atomic E-state index is 13.4. The fourth-order valence-electron chi connectivity index (χ4n) is 3.69. The van der Waals surface area contributed by atoms with Crippen LogP contribution in [0.25, 0.3) is 0 Å². The number of aromatic hydroxyl groups is 1. The first-order valence-electron chi connectivity index (χ1n) is 9.36. The van der Waals surface area contributed by atoms with Crippen LogP contribution < -0.4 is 0 Å². The van der Waals surface area contributed by atoms with Gasteiger partial charge in [-0.15, -0.1) is 0 Å². The van der Waals surface area contributed by atoms with Crippen molar-refractivity contribution >= 4 is 5.97 Å². The Morgan fingerprint density at radius 1 is 1.22 bits per heavy atom. The SMILES string of the molecule is COC(=O)Cc1ccc([C@@H](c2ccc(F)cc2)N2CCC(C)CC2)c(O)c1. The van der Waals surface area contributed by atoms with Crippen LogP contribution in [0.3, 0.4) is 0 Å². The number of halogens is 1. The van der Waals surface area contributed by atoms with Crippen LogP contribution in [0.4, 0.5) is 4.39 Å². The zero-order valence-electron chi connectivity index (χ0n) is 15.8. The van der Waals surface area contributed by atoms with E-state index in [9.17, 15) is 14.3 Å². The topological polar surface area (TPSA) is 49.8 Å². The van der Waals surface area contributed by atoms with Gasteiger partial charge >= 0.3 is 5.97 Å². The third-order valence-electron chi connectivity index (χ3n) is 5.33. The Morgan fingerprint density at radius 2 is 1.89 bits per heavy atom. The largest absolute Gasteiger partial charge is 0.508 e. The number of carbonyl (C=O) groups excluding carboxylic acids is 1. The van der Waals surface area contributed by atoms with Gasteiger partial charge in [0.15, 0.2) is 0 Å². The molecule has 0 spiro atoms. The van der Waals surface area contributed by atoms with Gasteiger partial charge in [-0.3, -0.25) is 9.69 Å². The normalized spacial score (nSPS) is 16.9. The number of likely N-dealkylation sites (tertiary alicyclic amines) is 1. The lowest BCUT2D eigenvalue weighted by atomic mass is 9.91. The van der Waals surface area contributed by atoms with Crippen LogP contribution in [0.2, 0.25) is 0 Å². The lowest BCUT2D eigenvalue weighted by molar-refractivity contribution is -0.139. The number of hydrogen-bond acceptors (Lipinski definition) is 4. The molecule has 1 fully saturated rings. The summed E-state index contributed by atoms with van der Waals surface area (Å²) >= 11 is 0. The summed E-state index contributed by atoms with van der Waals surface area (Å²) < 4.78 is 18.1. The lowest BCUT2D eigenvalue weighted by Crippen LogP contribution is -2.36. The van der Waals surface area contributed by atoms with Crippen LogP contribution >= 0.6 is 0 Å². The van der Waals surface area contributed by atoms with E-state index in [-0.39, 0.29) is 30.0 Å². The number of benzene rings is 2. The molecule has 0 amide bonds. The zero-order chi connectivity index (χ0) is 19.4. The molecule has 0 bridgehead atoms. The van der Waals surface area contributed by atoms with Gasteiger partial charge in [-0.1, -0.05) is 31.2 Å². The number of carbonyl (C=O) groups is 1. The molecule has 5 heteroatoms. The number of ether oxygens (including phenoxy) is 1. The molecule has 144 valence electrons. The van der Waals surface area contributed by atoms with Gasteiger partial charge in [0.1, 0.15) is 11.6 Å². The molecule has 1 saturated heterocycles. The van der Waals surface area contributed by atoms with Crippen molar-refractivity contribution in [2.75, 3.05) is 20.2 Å². The summed E-state index contributed by atoms with van der Waals surface area (Å²) in [5, 5.41) is 10.7. The van der Waals surface area contributed by atoms with Gasteiger partial charge in [-0.05, 0) is 61.2 Å². The highest BCUT2D eigenvalue weighted by atomic mass is 19.1. The minimum atomic E-state index is -0.345. The summed E-state index contributed by atoms with van der Waals surface area (Å²) in [7, 11) is 1.35. The zero-order valence-corrected chi connectivity index (χ0v) is 15.8. The molecule has 1 aliphatic heterocycles. The third-order valence-corrected chi connectivity index (χ3v) is 5.33. The minimum absolute atomic E-state index is 0.118. The first-order chi connectivity index (χ1) is 13.0. The molecule has 1 aliphatic rings. The van der Waals surface area contributed by atoms with E-state index in [1.807, 2.05) is 12.1 Å². The molecule has 0 unspecified atom stereocenters. The molecule has 2 aromatic carbocycles. The van der Waals surface area contributed by atoms with Gasteiger partial charge in [-0.2, -0.15) is 0 Å². The van der Waals surface area contributed by atoms with E-state index in [1.165, 1.54) is 19.2 Å². The first kappa shape index (κ1) is 19.4. The molecule has 0 radical (unpaired) electrons. The van der Waals surface area contributed by atoms with Crippen molar-refractivity contribution in [3.05, 3.63) is 65.0 Å². The molecule has 3 rings (SSSR count). The number of methoxy groups -OCH3 is 1. The van der Waals surface area contributed by atoms with Crippen LogP contribution in [0, 0.1) is 11.7 Å². The molecule has 1 heterocycles. The van der Waals surface area contributed by atoms with Crippen LogP contribution in [0.15, 0.2) is 42.5 Å². The Kier molecular flexibility index (Phi) is 6.11. The highest BCUT2D eigenvalue weighted by Crippen LogP contribution is 2.37.